The van der Waals surface area contributed by atoms with Crippen LogP contribution >= 0.6 is 0 Å². The van der Waals surface area contributed by atoms with Gasteiger partial charge in [-0.25, -0.2) is 0 Å². The molecule has 0 radical (unpaired) electrons. The molecule has 1 fully saturated rings. The van der Waals surface area contributed by atoms with Gasteiger partial charge in [0.15, 0.2) is 5.78 Å². The van der Waals surface area contributed by atoms with Gasteiger partial charge in [-0.1, -0.05) is 58.1 Å². The Morgan fingerprint density at radius 1 is 1.11 bits per heavy atom. The molecule has 0 aromatic carbocycles. The summed E-state index contributed by atoms with van der Waals surface area (Å²) in [6.07, 6.45) is 10.7. The van der Waals surface area contributed by atoms with Crippen molar-refractivity contribution >= 4 is 5.78 Å². The first-order valence-electron chi connectivity index (χ1n) is 10.8. The van der Waals surface area contributed by atoms with Gasteiger partial charge in [-0.3, -0.25) is 4.79 Å². The van der Waals surface area contributed by atoms with E-state index in [0.29, 0.717) is 12.8 Å². The summed E-state index contributed by atoms with van der Waals surface area (Å²) in [7, 11) is 0. The molecule has 0 spiro atoms. The van der Waals surface area contributed by atoms with Crippen LogP contribution in [0.15, 0.2) is 12.2 Å². The lowest BCUT2D eigenvalue weighted by molar-refractivity contribution is -0.121. The molecule has 5 heteroatoms. The van der Waals surface area contributed by atoms with Crippen LogP contribution in [0.25, 0.3) is 0 Å². The topological polar surface area (TPSA) is 98.0 Å². The second kappa shape index (κ2) is 13.4. The smallest absolute Gasteiger partial charge is 0.158 e. The molecule has 1 aliphatic rings. The van der Waals surface area contributed by atoms with Crippen LogP contribution in [-0.2, 0) is 4.79 Å². The van der Waals surface area contributed by atoms with Crippen molar-refractivity contribution in [2.45, 2.75) is 96.4 Å². The molecule has 0 heterocycles. The normalized spacial score (nSPS) is 27.9. The monoisotopic (exact) mass is 384 g/mol. The first-order chi connectivity index (χ1) is 12.9. The van der Waals surface area contributed by atoms with Crippen molar-refractivity contribution in [3.63, 3.8) is 0 Å². The molecule has 0 bridgehead atoms. The molecule has 0 saturated heterocycles. The fraction of sp³-hybridized carbons (Fsp3) is 0.864. The maximum Gasteiger partial charge on any atom is 0.158 e. The second-order valence-electron chi connectivity index (χ2n) is 8.26. The molecule has 1 rings (SSSR count). The predicted octanol–water partition coefficient (Wildman–Crippen LogP) is 2.99. The molecular weight excluding hydrogens is 344 g/mol. The molecule has 158 valence electrons. The van der Waals surface area contributed by atoms with Crippen molar-refractivity contribution < 1.29 is 25.2 Å². The quantitative estimate of drug-likeness (QED) is 0.273. The van der Waals surface area contributed by atoms with Crippen LogP contribution < -0.4 is 0 Å². The first-order valence-corrected chi connectivity index (χ1v) is 10.8. The summed E-state index contributed by atoms with van der Waals surface area (Å²) in [6, 6.07) is 0. The third-order valence-electron chi connectivity index (χ3n) is 5.96. The van der Waals surface area contributed by atoms with Gasteiger partial charge in [-0.15, -0.1) is 0 Å². The Morgan fingerprint density at radius 3 is 2.48 bits per heavy atom. The van der Waals surface area contributed by atoms with Crippen molar-refractivity contribution in [1.82, 2.24) is 0 Å². The Balaban J connectivity index is 2.43. The lowest BCUT2D eigenvalue weighted by Crippen LogP contribution is -2.22. The van der Waals surface area contributed by atoms with Gasteiger partial charge in [-0.2, -0.15) is 0 Å². The van der Waals surface area contributed by atoms with Crippen molar-refractivity contribution in [3.8, 4) is 0 Å². The van der Waals surface area contributed by atoms with Gasteiger partial charge in [0.25, 0.3) is 0 Å². The zero-order chi connectivity index (χ0) is 20.2. The Kier molecular flexibility index (Phi) is 12.1. The summed E-state index contributed by atoms with van der Waals surface area (Å²) in [4.78, 5) is 11.1. The molecule has 27 heavy (non-hydrogen) atoms. The zero-order valence-corrected chi connectivity index (χ0v) is 17.1. The maximum atomic E-state index is 11.1. The zero-order valence-electron chi connectivity index (χ0n) is 17.1. The highest BCUT2D eigenvalue weighted by Crippen LogP contribution is 2.37. The summed E-state index contributed by atoms with van der Waals surface area (Å²) >= 11 is 0. The van der Waals surface area contributed by atoms with Gasteiger partial charge in [-0.05, 0) is 31.1 Å². The predicted molar refractivity (Wildman–Crippen MR) is 107 cm³/mol. The van der Waals surface area contributed by atoms with Gasteiger partial charge in [0.1, 0.15) is 6.61 Å². The molecule has 0 aliphatic heterocycles. The Morgan fingerprint density at radius 2 is 1.81 bits per heavy atom. The molecule has 1 saturated carbocycles. The summed E-state index contributed by atoms with van der Waals surface area (Å²) in [5.74, 6) is 0.00322. The van der Waals surface area contributed by atoms with Crippen molar-refractivity contribution in [1.29, 1.82) is 0 Å². The lowest BCUT2D eigenvalue weighted by atomic mass is 9.87. The molecule has 4 N–H and O–H groups in total. The van der Waals surface area contributed by atoms with Crippen molar-refractivity contribution in [2.75, 3.05) is 6.61 Å². The number of hydrogen-bond donors (Lipinski definition) is 4. The summed E-state index contributed by atoms with van der Waals surface area (Å²) < 4.78 is 0. The largest absolute Gasteiger partial charge is 0.393 e. The Bertz CT molecular complexity index is 436. The van der Waals surface area contributed by atoms with E-state index in [1.54, 1.807) is 6.08 Å². The van der Waals surface area contributed by atoms with Gasteiger partial charge >= 0.3 is 0 Å². The van der Waals surface area contributed by atoms with Crippen molar-refractivity contribution in [2.24, 2.45) is 17.8 Å². The number of aliphatic hydroxyl groups excluding tert-OH is 4. The molecular formula is C22H40O5. The number of unbranched alkanes of at least 4 members (excludes halogenated alkanes) is 4. The fourth-order valence-corrected chi connectivity index (χ4v) is 4.04. The second-order valence-corrected chi connectivity index (χ2v) is 8.26. The van der Waals surface area contributed by atoms with Gasteiger partial charge < -0.3 is 20.4 Å². The molecule has 2 unspecified atom stereocenters. The number of ketones is 1. The lowest BCUT2D eigenvalue weighted by Gasteiger charge is -2.22. The van der Waals surface area contributed by atoms with Crippen LogP contribution in [-0.4, -0.2) is 51.1 Å². The molecule has 1 aliphatic carbocycles. The van der Waals surface area contributed by atoms with E-state index in [2.05, 4.69) is 6.92 Å². The van der Waals surface area contributed by atoms with E-state index >= 15 is 0 Å². The van der Waals surface area contributed by atoms with E-state index in [4.69, 9.17) is 5.11 Å². The SMILES string of the molecule is CCCCC(C)C(O)/C=C/[C@@H]1[C@@H](CCCCCCC(=O)CO)[C@@H](O)C[C@H]1O. The number of Topliss-reactive ketones (excluding diaryl/α,β-unsaturated/α-hetero) is 1. The van der Waals surface area contributed by atoms with E-state index in [0.717, 1.165) is 51.4 Å². The highest BCUT2D eigenvalue weighted by Gasteiger charge is 2.39. The van der Waals surface area contributed by atoms with E-state index in [1.165, 1.54) is 0 Å². The number of carbonyl (C=O) groups is 1. The van der Waals surface area contributed by atoms with Gasteiger partial charge in [0.2, 0.25) is 0 Å². The van der Waals surface area contributed by atoms with Gasteiger partial charge in [0, 0.05) is 18.8 Å². The first kappa shape index (κ1) is 24.3. The highest BCUT2D eigenvalue weighted by atomic mass is 16.3. The Hall–Kier alpha value is -0.750. The van der Waals surface area contributed by atoms with E-state index in [9.17, 15) is 20.1 Å². The van der Waals surface area contributed by atoms with Crippen LogP contribution in [0.2, 0.25) is 0 Å². The van der Waals surface area contributed by atoms with Gasteiger partial charge in [0.05, 0.1) is 18.3 Å². The summed E-state index contributed by atoms with van der Waals surface area (Å²) in [5, 5.41) is 39.6. The number of aliphatic hydroxyl groups is 4. The molecule has 0 aromatic heterocycles. The Labute approximate surface area is 164 Å². The number of hydrogen-bond acceptors (Lipinski definition) is 5. The van der Waals surface area contributed by atoms with Crippen LogP contribution in [0.1, 0.15) is 78.1 Å². The number of carbonyl (C=O) groups excluding carboxylic acids is 1. The van der Waals surface area contributed by atoms with E-state index < -0.39 is 18.3 Å². The van der Waals surface area contributed by atoms with Crippen LogP contribution in [0, 0.1) is 17.8 Å². The summed E-state index contributed by atoms with van der Waals surface area (Å²) in [6.45, 7) is 3.81. The third kappa shape index (κ3) is 8.86. The average molecular weight is 385 g/mol. The summed E-state index contributed by atoms with van der Waals surface area (Å²) in [5.41, 5.74) is 0. The highest BCUT2D eigenvalue weighted by molar-refractivity contribution is 5.79. The number of rotatable bonds is 14. The minimum absolute atomic E-state index is 0.0217. The van der Waals surface area contributed by atoms with Crippen LogP contribution in [0.4, 0.5) is 0 Å². The van der Waals surface area contributed by atoms with E-state index in [-0.39, 0.29) is 30.1 Å². The molecule has 0 amide bonds. The molecule has 6 atom stereocenters. The van der Waals surface area contributed by atoms with Crippen molar-refractivity contribution in [3.05, 3.63) is 12.2 Å². The van der Waals surface area contributed by atoms with Crippen LogP contribution in [0.5, 0.6) is 0 Å². The fourth-order valence-electron chi connectivity index (χ4n) is 4.04. The maximum absolute atomic E-state index is 11.1. The minimum atomic E-state index is -0.554. The molecule has 5 nitrogen and oxygen atoms in total. The van der Waals surface area contributed by atoms with E-state index in [1.807, 2.05) is 13.0 Å². The standard InChI is InChI=1S/C22H40O5/c1-3-4-9-16(2)20(25)13-12-19-18(21(26)14-22(19)27)11-8-6-5-7-10-17(24)15-23/h12-13,16,18-23,25-27H,3-11,14-15H2,1-2H3/b13-12+/t16?,18-,19-,20?,21+,22-/m1/s1. The average Bonchev–Trinajstić information content (AvgIpc) is 2.92. The van der Waals surface area contributed by atoms with Crippen LogP contribution in [0.3, 0.4) is 0 Å². The molecule has 0 aromatic rings. The third-order valence-corrected chi connectivity index (χ3v) is 5.96. The minimum Gasteiger partial charge on any atom is -0.393 e.